The molecule has 0 bridgehead atoms. The van der Waals surface area contributed by atoms with E-state index in [4.69, 9.17) is 162 Å². The first-order valence-electron chi connectivity index (χ1n) is 40.4. The van der Waals surface area contributed by atoms with E-state index in [0.717, 1.165) is 44.9 Å². The maximum Gasteiger partial charge on any atom is 0.393 e. The van der Waals surface area contributed by atoms with E-state index in [2.05, 4.69) is 25.6 Å². The van der Waals surface area contributed by atoms with Crippen LogP contribution in [0, 0.1) is 57.8 Å². The van der Waals surface area contributed by atoms with Gasteiger partial charge in [0, 0.05) is 52.3 Å². The molecule has 1 fully saturated rings. The summed E-state index contributed by atoms with van der Waals surface area (Å²) in [6.45, 7) is 46.3. The van der Waals surface area contributed by atoms with Crippen LogP contribution in [0.4, 0.5) is 61.5 Å². The smallest absolute Gasteiger partial charge is 0.393 e. The van der Waals surface area contributed by atoms with Crippen LogP contribution in [0.1, 0.15) is 290 Å². The van der Waals surface area contributed by atoms with Crippen molar-refractivity contribution in [2.45, 2.75) is 357 Å². The van der Waals surface area contributed by atoms with Gasteiger partial charge >= 0.3 is 12.0 Å². The van der Waals surface area contributed by atoms with Crippen LogP contribution in [-0.2, 0) is 0 Å². The molecule has 18 N–H and O–H groups in total. The molecule has 20 nitrogen and oxygen atoms in total. The van der Waals surface area contributed by atoms with Gasteiger partial charge in [0.25, 0.3) is 11.8 Å². The largest absolute Gasteiger partial charge is 0.396 e. The number of nitriles is 1. The van der Waals surface area contributed by atoms with Gasteiger partial charge in [-0.25, -0.2) is 46.1 Å². The Morgan fingerprint density at radius 1 is 0.443 bits per heavy atom. The van der Waals surface area contributed by atoms with Crippen molar-refractivity contribution >= 4 is 58.0 Å². The second-order valence-corrected chi connectivity index (χ2v) is 34.2. The predicted molar refractivity (Wildman–Crippen MR) is 475 cm³/mol. The highest BCUT2D eigenvalue weighted by atomic mass is 35.5. The summed E-state index contributed by atoms with van der Waals surface area (Å²) in [5, 5.41) is 154. The number of aliphatic hydroxyl groups is 18. The Hall–Kier alpha value is -1.27. The summed E-state index contributed by atoms with van der Waals surface area (Å²) in [6, 6.07) is 1.95. The third kappa shape index (κ3) is 165. The Morgan fingerprint density at radius 2 is 0.861 bits per heavy atom. The van der Waals surface area contributed by atoms with Gasteiger partial charge in [-0.2, -0.15) is 22.8 Å². The average Bonchev–Trinajstić information content (AvgIpc) is 1.68. The van der Waals surface area contributed by atoms with E-state index >= 15 is 0 Å². The average molecular weight is 1930 g/mol. The van der Waals surface area contributed by atoms with Crippen molar-refractivity contribution < 1.29 is 153 Å². The summed E-state index contributed by atoms with van der Waals surface area (Å²) in [5.41, 5.74) is -2.14. The molecule has 0 aliphatic heterocycles. The molecule has 760 valence electrons. The fourth-order valence-corrected chi connectivity index (χ4v) is 3.10. The SMILES string of the molecule is C.CC(C)(C)CO.CC(C)(F)CO.CC(F)(F)CO.CC(F)CO.CCC(C#N)CO.CCC(C)(C)CO.CCC(C)(Cl)CO.CCC(C)(F)CO.CCC(C)CO.CCC(CO)C(F)(F)F.CCC(CO)CF.CCC(Cl)(Cl)CO.CCC(Cl)CO.CCC(F)(Cl)CO.CCC(F)(F)CO.CCC(F)CO.CCC1(CO)CC1.[C-]#[N+]C(F)(CC)CO. The van der Waals surface area contributed by atoms with Gasteiger partial charge in [0.05, 0.1) is 107 Å². The van der Waals surface area contributed by atoms with E-state index in [1.165, 1.54) is 61.3 Å². The van der Waals surface area contributed by atoms with Gasteiger partial charge in [-0.1, -0.05) is 187 Å². The van der Waals surface area contributed by atoms with Crippen LogP contribution in [0.5, 0.6) is 0 Å². The van der Waals surface area contributed by atoms with Gasteiger partial charge in [0.1, 0.15) is 41.2 Å². The lowest BCUT2D eigenvalue weighted by molar-refractivity contribution is -0.184. The van der Waals surface area contributed by atoms with Crippen LogP contribution in [0.15, 0.2) is 0 Å². The van der Waals surface area contributed by atoms with Crippen LogP contribution < -0.4 is 0 Å². The molecule has 11 unspecified atom stereocenters. The molecule has 1 rings (SSSR count). The van der Waals surface area contributed by atoms with E-state index in [9.17, 15) is 61.5 Å². The van der Waals surface area contributed by atoms with Crippen molar-refractivity contribution in [3.05, 3.63) is 11.4 Å². The summed E-state index contributed by atoms with van der Waals surface area (Å²) in [4.78, 5) is 2.20. The fourth-order valence-electron chi connectivity index (χ4n) is 3.10. The number of hydrogen-bond acceptors (Lipinski definition) is 19. The molecule has 0 amide bonds. The highest BCUT2D eigenvalue weighted by Crippen LogP contribution is 2.47. The van der Waals surface area contributed by atoms with Gasteiger partial charge in [-0.15, -0.1) is 23.2 Å². The van der Waals surface area contributed by atoms with Crippen molar-refractivity contribution in [3.63, 3.8) is 0 Å². The molecule has 0 saturated heterocycles. The third-order valence-corrected chi connectivity index (χ3v) is 17.6. The molecule has 11 atom stereocenters. The number of hydrogen-bond donors (Lipinski definition) is 18. The van der Waals surface area contributed by atoms with E-state index < -0.39 is 109 Å². The van der Waals surface area contributed by atoms with Gasteiger partial charge in [0.2, 0.25) is 5.13 Å². The van der Waals surface area contributed by atoms with Crippen molar-refractivity contribution in [1.29, 1.82) is 5.26 Å². The van der Waals surface area contributed by atoms with E-state index in [1.54, 1.807) is 20.8 Å². The minimum atomic E-state index is -4.23. The molecule has 0 aromatic carbocycles. The van der Waals surface area contributed by atoms with Crippen molar-refractivity contribution in [2.24, 2.45) is 39.9 Å². The summed E-state index contributed by atoms with van der Waals surface area (Å²) in [6.07, 6.45) is 3.82. The first-order valence-corrected chi connectivity index (χ1v) is 42.3. The Balaban J connectivity index is -0.0000000587. The maximum absolute atomic E-state index is 12.4. The molecular weight excluding hydrogens is 1760 g/mol. The molecule has 1 saturated carbocycles. The van der Waals surface area contributed by atoms with Gasteiger partial charge in [-0.3, -0.25) is 9.24 Å². The van der Waals surface area contributed by atoms with Crippen LogP contribution >= 0.6 is 58.0 Å². The van der Waals surface area contributed by atoms with Crippen molar-refractivity contribution in [3.8, 4) is 6.07 Å². The molecule has 0 aromatic heterocycles. The first kappa shape index (κ1) is 164. The van der Waals surface area contributed by atoms with Crippen molar-refractivity contribution in [1.82, 2.24) is 0 Å². The first-order chi connectivity index (χ1) is 54.8. The third-order valence-electron chi connectivity index (χ3n) is 15.6. The van der Waals surface area contributed by atoms with Gasteiger partial charge in [-0.05, 0) is 140 Å². The summed E-state index contributed by atoms with van der Waals surface area (Å²) >= 11 is 26.9. The number of aliphatic hydroxyl groups excluding tert-OH is 18. The molecule has 122 heavy (non-hydrogen) atoms. The normalized spacial score (nSPS) is 15.1. The zero-order chi connectivity index (χ0) is 101. The molecular formula is C83H177Cl5F14N2O18. The zero-order valence-corrected chi connectivity index (χ0v) is 81.7. The minimum absolute atomic E-state index is 0. The van der Waals surface area contributed by atoms with E-state index in [-0.39, 0.29) is 125 Å². The quantitative estimate of drug-likeness (QED) is 0.0129. The lowest BCUT2D eigenvalue weighted by Gasteiger charge is -2.17. The molecule has 0 aromatic rings. The van der Waals surface area contributed by atoms with E-state index in [1.807, 2.05) is 89.2 Å². The van der Waals surface area contributed by atoms with Crippen LogP contribution in [0.2, 0.25) is 0 Å². The zero-order valence-electron chi connectivity index (χ0n) is 77.9. The highest BCUT2D eigenvalue weighted by molar-refractivity contribution is 6.48. The lowest BCUT2D eigenvalue weighted by Crippen LogP contribution is -2.25. The Kier molecular flexibility index (Phi) is 137. The molecule has 1 aliphatic rings. The predicted octanol–water partition coefficient (Wildman–Crippen LogP) is 19.1. The standard InChI is InChI=1S/C6H12O.C6H14O.C5H11ClO.C5H9F3O.C5H8FNO.2C5H11FO.C5H9NO.2C5H12O.C4H8Cl2O.C4H8ClFO.C4H9ClO.C4H8F2O.2C4H9FO.C3H6F2O.C3H7FO.CH4/c1-2-6(5-7)3-4-6;1-4-6(2,3)5-7;1-3-5(2,6)4-7;1-2-4(3-9)5(6,7)8;1-3-5(6,4-8)7-2;1-3-5(2,6)4-7;2*1-2-5(3-6)4-7;1-5(2,3)4-6;1-3-5(2)4-6;2*1-2-4(5,6)3-7;1-2-4(5)3-6;1-2-4(5,6)3-7;1-4(2,5)3-6;1-2-4(5)3-6;1-3(4,5)2-6;1-3(4)2-5;/h7H,2-5H2,1H3;7H,4-5H2,1-3H3;7H,3-4H2,1-2H3;4,9H,2-3H2,1H3;8H,3-4H2,1H3;7H,3-4H2,1-2H3;5,7H,2-4H2,1H3;5,7H,2,4H2,1H3;6H,4H2,1-3H3;5-6H,3-4H2,1-2H3;2*7H,2-3H2,1H3;4,6H,2-3H2,1H3;7H,2-3H2,1H3;6H,3H2,1-2H3;4,6H,2-3H2,1H3;6H,2H2,1H3;3,5H,2H2,1H3;1H4. The van der Waals surface area contributed by atoms with Gasteiger partial charge < -0.3 is 91.9 Å². The summed E-state index contributed by atoms with van der Waals surface area (Å²) in [5.74, 6) is -9.12. The minimum Gasteiger partial charge on any atom is -0.396 e. The number of halogens is 19. The molecule has 0 heterocycles. The van der Waals surface area contributed by atoms with Crippen molar-refractivity contribution in [2.75, 3.05) is 126 Å². The number of rotatable bonds is 32. The maximum atomic E-state index is 12.4. The topological polar surface area (TPSA) is 392 Å². The molecule has 1 aliphatic carbocycles. The second kappa shape index (κ2) is 102. The van der Waals surface area contributed by atoms with Crippen LogP contribution in [0.25, 0.3) is 4.85 Å². The summed E-state index contributed by atoms with van der Waals surface area (Å²) < 4.78 is 162. The van der Waals surface area contributed by atoms with Crippen LogP contribution in [0.3, 0.4) is 0 Å². The number of nitrogens with zero attached hydrogens (tertiary/aromatic N) is 2. The van der Waals surface area contributed by atoms with E-state index in [0.29, 0.717) is 57.3 Å². The summed E-state index contributed by atoms with van der Waals surface area (Å²) in [7, 11) is 0. The second-order valence-electron chi connectivity index (χ2n) is 30.4. The monoisotopic (exact) mass is 1930 g/mol. The lowest BCUT2D eigenvalue weighted by atomic mass is 9.92. The highest BCUT2D eigenvalue weighted by Gasteiger charge is 2.40. The molecule has 0 radical (unpaired) electrons. The van der Waals surface area contributed by atoms with Gasteiger partial charge in [0.15, 0.2) is 6.61 Å². The molecule has 0 spiro atoms. The Bertz CT molecular complexity index is 1810. The van der Waals surface area contributed by atoms with Crippen LogP contribution in [-0.4, -0.2) is 285 Å². The fraction of sp³-hybridized carbons (Fsp3) is 0.976. The molecule has 39 heteroatoms. The Labute approximate surface area is 753 Å². The number of alkyl halides is 19. The Morgan fingerprint density at radius 3 is 0.861 bits per heavy atom.